The average Bonchev–Trinajstić information content (AvgIpc) is 2.75. The second-order valence-corrected chi connectivity index (χ2v) is 8.00. The fourth-order valence-electron chi connectivity index (χ4n) is 2.83. The monoisotopic (exact) mass is 303 g/mol. The van der Waals surface area contributed by atoms with Crippen LogP contribution in [-0.4, -0.2) is 70.0 Å². The summed E-state index contributed by atoms with van der Waals surface area (Å²) in [6, 6.07) is 0. The van der Waals surface area contributed by atoms with Gasteiger partial charge in [-0.15, -0.1) is 0 Å². The van der Waals surface area contributed by atoms with E-state index in [0.717, 1.165) is 39.1 Å². The minimum absolute atomic E-state index is 0.00703. The first-order chi connectivity index (χ1) is 9.55. The van der Waals surface area contributed by atoms with Gasteiger partial charge in [0.25, 0.3) is 0 Å². The summed E-state index contributed by atoms with van der Waals surface area (Å²) in [6.45, 7) is 5.94. The lowest BCUT2D eigenvalue weighted by atomic mass is 10.1. The topological polar surface area (TPSA) is 78.5 Å². The predicted molar refractivity (Wildman–Crippen MR) is 78.3 cm³/mol. The highest BCUT2D eigenvalue weighted by atomic mass is 32.2. The van der Waals surface area contributed by atoms with Crippen LogP contribution in [0.4, 0.5) is 0 Å². The molecule has 0 aliphatic carbocycles. The molecule has 1 atom stereocenters. The summed E-state index contributed by atoms with van der Waals surface area (Å²) in [5.41, 5.74) is 0. The van der Waals surface area contributed by atoms with Crippen molar-refractivity contribution in [1.29, 1.82) is 0 Å². The molecular formula is C13H25N3O3S. The Labute approximate surface area is 121 Å². The van der Waals surface area contributed by atoms with Gasteiger partial charge >= 0.3 is 0 Å². The van der Waals surface area contributed by atoms with Crippen LogP contribution in [0, 0.1) is 5.92 Å². The van der Waals surface area contributed by atoms with Crippen molar-refractivity contribution in [3.05, 3.63) is 0 Å². The number of carbonyl (C=O) groups excluding carboxylic acids is 1. The molecule has 6 nitrogen and oxygen atoms in total. The van der Waals surface area contributed by atoms with Crippen molar-refractivity contribution in [1.82, 2.24) is 15.5 Å². The molecular weight excluding hydrogens is 278 g/mol. The summed E-state index contributed by atoms with van der Waals surface area (Å²) < 4.78 is 22.6. The first-order valence-electron chi connectivity index (χ1n) is 7.45. The van der Waals surface area contributed by atoms with Crippen LogP contribution in [0.1, 0.15) is 19.3 Å². The third-order valence-corrected chi connectivity index (χ3v) is 5.82. The van der Waals surface area contributed by atoms with E-state index in [-0.39, 0.29) is 23.3 Å². The van der Waals surface area contributed by atoms with Crippen LogP contribution in [0.3, 0.4) is 0 Å². The maximum atomic E-state index is 11.7. The number of amides is 1. The predicted octanol–water partition coefficient (Wildman–Crippen LogP) is -0.777. The molecule has 2 heterocycles. The molecule has 2 fully saturated rings. The standard InChI is InChI=1S/C13H25N3O3S/c17-13(10-12-2-9-20(18,19)11-12)15-3-1-6-16-7-4-14-5-8-16/h12,14H,1-11H2,(H,15,17). The fourth-order valence-corrected chi connectivity index (χ4v) is 4.69. The quantitative estimate of drug-likeness (QED) is 0.630. The highest BCUT2D eigenvalue weighted by Gasteiger charge is 2.29. The van der Waals surface area contributed by atoms with Crippen LogP contribution in [0.2, 0.25) is 0 Å². The van der Waals surface area contributed by atoms with Crippen LogP contribution in [0.25, 0.3) is 0 Å². The number of nitrogens with one attached hydrogen (secondary N) is 2. The van der Waals surface area contributed by atoms with Crippen molar-refractivity contribution in [2.75, 3.05) is 50.8 Å². The van der Waals surface area contributed by atoms with E-state index >= 15 is 0 Å². The Hall–Kier alpha value is -0.660. The van der Waals surface area contributed by atoms with E-state index in [1.807, 2.05) is 0 Å². The molecule has 1 amide bonds. The number of carbonyl (C=O) groups is 1. The van der Waals surface area contributed by atoms with Crippen LogP contribution in [0.15, 0.2) is 0 Å². The Morgan fingerprint density at radius 1 is 1.30 bits per heavy atom. The summed E-state index contributed by atoms with van der Waals surface area (Å²) in [5.74, 6) is 0.440. The van der Waals surface area contributed by atoms with E-state index < -0.39 is 9.84 Å². The van der Waals surface area contributed by atoms with E-state index in [2.05, 4.69) is 15.5 Å². The maximum absolute atomic E-state index is 11.7. The van der Waals surface area contributed by atoms with Gasteiger partial charge in [0.15, 0.2) is 9.84 Å². The third kappa shape index (κ3) is 5.38. The Bertz CT molecular complexity index is 419. The van der Waals surface area contributed by atoms with E-state index in [0.29, 0.717) is 19.4 Å². The molecule has 20 heavy (non-hydrogen) atoms. The Morgan fingerprint density at radius 3 is 2.70 bits per heavy atom. The van der Waals surface area contributed by atoms with Gasteiger partial charge in [-0.05, 0) is 25.3 Å². The number of nitrogens with zero attached hydrogens (tertiary/aromatic N) is 1. The first kappa shape index (κ1) is 15.7. The number of sulfone groups is 1. The zero-order valence-electron chi connectivity index (χ0n) is 11.9. The van der Waals surface area contributed by atoms with E-state index in [9.17, 15) is 13.2 Å². The van der Waals surface area contributed by atoms with Crippen molar-refractivity contribution in [3.8, 4) is 0 Å². The molecule has 116 valence electrons. The fraction of sp³-hybridized carbons (Fsp3) is 0.923. The SMILES string of the molecule is O=C(CC1CCS(=O)(=O)C1)NCCCN1CCNCC1. The third-order valence-electron chi connectivity index (χ3n) is 3.98. The Morgan fingerprint density at radius 2 is 2.05 bits per heavy atom. The van der Waals surface area contributed by atoms with Gasteiger partial charge in [0, 0.05) is 39.1 Å². The van der Waals surface area contributed by atoms with Gasteiger partial charge in [0.2, 0.25) is 5.91 Å². The summed E-state index contributed by atoms with van der Waals surface area (Å²) >= 11 is 0. The molecule has 0 bridgehead atoms. The van der Waals surface area contributed by atoms with Gasteiger partial charge in [-0.3, -0.25) is 4.79 Å². The molecule has 0 saturated carbocycles. The zero-order valence-corrected chi connectivity index (χ0v) is 12.8. The smallest absolute Gasteiger partial charge is 0.220 e. The van der Waals surface area contributed by atoms with Gasteiger partial charge in [-0.25, -0.2) is 8.42 Å². The molecule has 1 unspecified atom stereocenters. The van der Waals surface area contributed by atoms with Crippen molar-refractivity contribution in [2.24, 2.45) is 5.92 Å². The summed E-state index contributed by atoms with van der Waals surface area (Å²) in [5, 5.41) is 6.21. The van der Waals surface area contributed by atoms with Gasteiger partial charge in [-0.1, -0.05) is 0 Å². The first-order valence-corrected chi connectivity index (χ1v) is 9.27. The van der Waals surface area contributed by atoms with Crippen molar-refractivity contribution in [3.63, 3.8) is 0 Å². The van der Waals surface area contributed by atoms with Gasteiger partial charge < -0.3 is 15.5 Å². The lowest BCUT2D eigenvalue weighted by molar-refractivity contribution is -0.121. The van der Waals surface area contributed by atoms with E-state index in [4.69, 9.17) is 0 Å². The number of hydrogen-bond acceptors (Lipinski definition) is 5. The van der Waals surface area contributed by atoms with E-state index in [1.54, 1.807) is 0 Å². The number of piperazine rings is 1. The molecule has 0 aromatic rings. The molecule has 2 N–H and O–H groups in total. The Kier molecular flexibility index (Phi) is 5.80. The molecule has 2 aliphatic heterocycles. The van der Waals surface area contributed by atoms with E-state index in [1.165, 1.54) is 0 Å². The van der Waals surface area contributed by atoms with Gasteiger partial charge in [0.1, 0.15) is 0 Å². The molecule has 0 radical (unpaired) electrons. The van der Waals surface area contributed by atoms with Crippen molar-refractivity contribution in [2.45, 2.75) is 19.3 Å². The van der Waals surface area contributed by atoms with Crippen LogP contribution >= 0.6 is 0 Å². The summed E-state index contributed by atoms with van der Waals surface area (Å²) in [7, 11) is -2.87. The van der Waals surface area contributed by atoms with Gasteiger partial charge in [-0.2, -0.15) is 0 Å². The van der Waals surface area contributed by atoms with Crippen LogP contribution < -0.4 is 10.6 Å². The van der Waals surface area contributed by atoms with Crippen LogP contribution in [-0.2, 0) is 14.6 Å². The van der Waals surface area contributed by atoms with Crippen molar-refractivity contribution >= 4 is 15.7 Å². The lowest BCUT2D eigenvalue weighted by Crippen LogP contribution is -2.44. The summed E-state index contributed by atoms with van der Waals surface area (Å²) in [6.07, 6.45) is 1.94. The number of rotatable bonds is 6. The average molecular weight is 303 g/mol. The second-order valence-electron chi connectivity index (χ2n) is 5.77. The molecule has 0 aromatic carbocycles. The minimum atomic E-state index is -2.87. The minimum Gasteiger partial charge on any atom is -0.356 e. The van der Waals surface area contributed by atoms with Crippen molar-refractivity contribution < 1.29 is 13.2 Å². The second kappa shape index (κ2) is 7.38. The number of hydrogen-bond donors (Lipinski definition) is 2. The maximum Gasteiger partial charge on any atom is 0.220 e. The highest BCUT2D eigenvalue weighted by molar-refractivity contribution is 7.91. The highest BCUT2D eigenvalue weighted by Crippen LogP contribution is 2.21. The molecule has 0 spiro atoms. The largest absolute Gasteiger partial charge is 0.356 e. The normalized spacial score (nSPS) is 26.5. The van der Waals surface area contributed by atoms with Gasteiger partial charge in [0.05, 0.1) is 11.5 Å². The Balaban J connectivity index is 1.54. The lowest BCUT2D eigenvalue weighted by Gasteiger charge is -2.27. The van der Waals surface area contributed by atoms with Crippen LogP contribution in [0.5, 0.6) is 0 Å². The summed E-state index contributed by atoms with van der Waals surface area (Å²) in [4.78, 5) is 14.1. The zero-order chi connectivity index (χ0) is 14.4. The molecule has 7 heteroatoms. The molecule has 2 aliphatic rings. The molecule has 0 aromatic heterocycles. The molecule has 2 saturated heterocycles. The molecule has 2 rings (SSSR count).